The number of hydrazine groups is 1. The van der Waals surface area contributed by atoms with E-state index >= 15 is 0 Å². The molecule has 0 amide bonds. The van der Waals surface area contributed by atoms with Crippen LogP contribution in [0.25, 0.3) is 0 Å². The minimum atomic E-state index is -0.436. The van der Waals surface area contributed by atoms with Crippen LogP contribution < -0.4 is 11.3 Å². The van der Waals surface area contributed by atoms with Crippen molar-refractivity contribution in [3.8, 4) is 0 Å². The zero-order chi connectivity index (χ0) is 5.33. The van der Waals surface area contributed by atoms with Crippen molar-refractivity contribution in [2.45, 2.75) is 18.4 Å². The third kappa shape index (κ3) is 1.12. The third-order valence-corrected chi connectivity index (χ3v) is 1.26. The number of nitrogens with one attached hydrogen (secondary N) is 1. The lowest BCUT2D eigenvalue weighted by atomic mass is 10.4. The lowest BCUT2D eigenvalue weighted by Crippen LogP contribution is -2.33. The standard InChI is InChI=1S/C4H10N2O/c5-6-3-4(7)1-2-4/h6-7H,1-3,5H2. The molecule has 0 bridgehead atoms. The molecule has 1 saturated carbocycles. The number of rotatable bonds is 2. The Morgan fingerprint density at radius 2 is 2.29 bits per heavy atom. The van der Waals surface area contributed by atoms with E-state index in [-0.39, 0.29) is 0 Å². The van der Waals surface area contributed by atoms with E-state index in [1.54, 1.807) is 0 Å². The summed E-state index contributed by atoms with van der Waals surface area (Å²) >= 11 is 0. The van der Waals surface area contributed by atoms with E-state index in [9.17, 15) is 0 Å². The highest BCUT2D eigenvalue weighted by atomic mass is 16.3. The molecule has 0 aromatic carbocycles. The molecule has 0 radical (unpaired) electrons. The topological polar surface area (TPSA) is 58.3 Å². The van der Waals surface area contributed by atoms with Crippen molar-refractivity contribution < 1.29 is 5.11 Å². The van der Waals surface area contributed by atoms with Gasteiger partial charge in [-0.05, 0) is 12.8 Å². The molecule has 7 heavy (non-hydrogen) atoms. The zero-order valence-electron chi connectivity index (χ0n) is 4.15. The highest BCUT2D eigenvalue weighted by Crippen LogP contribution is 2.33. The van der Waals surface area contributed by atoms with Crippen molar-refractivity contribution in [2.75, 3.05) is 6.54 Å². The second kappa shape index (κ2) is 1.43. The Labute approximate surface area is 42.5 Å². The smallest absolute Gasteiger partial charge is 0.0787 e. The monoisotopic (exact) mass is 102 g/mol. The SMILES string of the molecule is NNCC1(O)CC1. The van der Waals surface area contributed by atoms with Crippen LogP contribution in [0.2, 0.25) is 0 Å². The molecule has 1 rings (SSSR count). The van der Waals surface area contributed by atoms with Gasteiger partial charge >= 0.3 is 0 Å². The van der Waals surface area contributed by atoms with E-state index < -0.39 is 5.60 Å². The molecule has 0 unspecified atom stereocenters. The van der Waals surface area contributed by atoms with Gasteiger partial charge in [0.15, 0.2) is 0 Å². The molecule has 1 aliphatic carbocycles. The second-order valence-electron chi connectivity index (χ2n) is 2.11. The first-order chi connectivity index (χ1) is 3.27. The highest BCUT2D eigenvalue weighted by Gasteiger charge is 2.39. The summed E-state index contributed by atoms with van der Waals surface area (Å²) in [6.07, 6.45) is 1.80. The fourth-order valence-corrected chi connectivity index (χ4v) is 0.511. The first-order valence-corrected chi connectivity index (χ1v) is 2.43. The van der Waals surface area contributed by atoms with Crippen molar-refractivity contribution in [1.82, 2.24) is 5.43 Å². The highest BCUT2D eigenvalue weighted by molar-refractivity contribution is 4.94. The van der Waals surface area contributed by atoms with E-state index in [1.165, 1.54) is 0 Å². The van der Waals surface area contributed by atoms with Crippen LogP contribution in [0.5, 0.6) is 0 Å². The molecule has 0 heterocycles. The van der Waals surface area contributed by atoms with E-state index in [4.69, 9.17) is 10.9 Å². The summed E-state index contributed by atoms with van der Waals surface area (Å²) in [5.41, 5.74) is 1.98. The Kier molecular flexibility index (Phi) is 1.03. The average molecular weight is 102 g/mol. The van der Waals surface area contributed by atoms with Gasteiger partial charge in [0.2, 0.25) is 0 Å². The number of hydrogen-bond acceptors (Lipinski definition) is 3. The van der Waals surface area contributed by atoms with Crippen LogP contribution in [-0.2, 0) is 0 Å². The molecule has 3 nitrogen and oxygen atoms in total. The molecule has 0 aliphatic heterocycles. The third-order valence-electron chi connectivity index (χ3n) is 1.26. The van der Waals surface area contributed by atoms with Gasteiger partial charge in [0.25, 0.3) is 0 Å². The summed E-state index contributed by atoms with van der Waals surface area (Å²) in [5.74, 6) is 4.94. The molecule has 42 valence electrons. The molecule has 0 saturated heterocycles. The van der Waals surface area contributed by atoms with Crippen molar-refractivity contribution in [2.24, 2.45) is 5.84 Å². The molecule has 1 aliphatic rings. The summed E-state index contributed by atoms with van der Waals surface area (Å²) in [7, 11) is 0. The van der Waals surface area contributed by atoms with Crippen molar-refractivity contribution in [1.29, 1.82) is 0 Å². The maximum Gasteiger partial charge on any atom is 0.0787 e. The Bertz CT molecular complexity index is 70.1. The van der Waals surface area contributed by atoms with Gasteiger partial charge < -0.3 is 5.11 Å². The number of hydrogen-bond donors (Lipinski definition) is 3. The lowest BCUT2D eigenvalue weighted by Gasteiger charge is -2.02. The molecule has 0 aromatic rings. The Hall–Kier alpha value is -0.120. The van der Waals surface area contributed by atoms with E-state index in [2.05, 4.69) is 5.43 Å². The van der Waals surface area contributed by atoms with Gasteiger partial charge in [0, 0.05) is 6.54 Å². The Morgan fingerprint density at radius 3 is 2.43 bits per heavy atom. The average Bonchev–Trinajstić information content (AvgIpc) is 2.22. The second-order valence-corrected chi connectivity index (χ2v) is 2.11. The summed E-state index contributed by atoms with van der Waals surface area (Å²) < 4.78 is 0. The largest absolute Gasteiger partial charge is 0.389 e. The van der Waals surface area contributed by atoms with Crippen molar-refractivity contribution in [3.05, 3.63) is 0 Å². The van der Waals surface area contributed by atoms with E-state index in [0.717, 1.165) is 12.8 Å². The predicted molar refractivity (Wildman–Crippen MR) is 26.4 cm³/mol. The number of aliphatic hydroxyl groups is 1. The van der Waals surface area contributed by atoms with Gasteiger partial charge in [-0.3, -0.25) is 11.3 Å². The van der Waals surface area contributed by atoms with Crippen LogP contribution in [0.1, 0.15) is 12.8 Å². The normalized spacial score (nSPS) is 24.9. The van der Waals surface area contributed by atoms with Crippen LogP contribution >= 0.6 is 0 Å². The van der Waals surface area contributed by atoms with Gasteiger partial charge in [-0.25, -0.2) is 0 Å². The van der Waals surface area contributed by atoms with Gasteiger partial charge in [0.05, 0.1) is 5.60 Å². The van der Waals surface area contributed by atoms with Crippen LogP contribution in [0.15, 0.2) is 0 Å². The summed E-state index contributed by atoms with van der Waals surface area (Å²) in [6.45, 7) is 0.535. The molecule has 4 N–H and O–H groups in total. The molecular weight excluding hydrogens is 92.1 g/mol. The fourth-order valence-electron chi connectivity index (χ4n) is 0.511. The minimum Gasteiger partial charge on any atom is -0.389 e. The first kappa shape index (κ1) is 5.03. The Balaban J connectivity index is 2.13. The number of nitrogens with two attached hydrogens (primary N) is 1. The fraction of sp³-hybridized carbons (Fsp3) is 1.00. The summed E-state index contributed by atoms with van der Waals surface area (Å²) in [4.78, 5) is 0. The molecule has 1 fully saturated rings. The minimum absolute atomic E-state index is 0.436. The summed E-state index contributed by atoms with van der Waals surface area (Å²) in [6, 6.07) is 0. The van der Waals surface area contributed by atoms with E-state index in [1.807, 2.05) is 0 Å². The molecule has 0 atom stereocenters. The maximum atomic E-state index is 8.99. The van der Waals surface area contributed by atoms with Crippen molar-refractivity contribution >= 4 is 0 Å². The van der Waals surface area contributed by atoms with Crippen LogP contribution in [-0.4, -0.2) is 17.3 Å². The maximum absolute atomic E-state index is 8.99. The van der Waals surface area contributed by atoms with Gasteiger partial charge in [0.1, 0.15) is 0 Å². The summed E-state index contributed by atoms with van der Waals surface area (Å²) in [5, 5.41) is 8.99. The zero-order valence-corrected chi connectivity index (χ0v) is 4.15. The molecule has 3 heteroatoms. The predicted octanol–water partition coefficient (Wildman–Crippen LogP) is -1.03. The van der Waals surface area contributed by atoms with Crippen molar-refractivity contribution in [3.63, 3.8) is 0 Å². The van der Waals surface area contributed by atoms with Crippen LogP contribution in [0.3, 0.4) is 0 Å². The van der Waals surface area contributed by atoms with Gasteiger partial charge in [-0.2, -0.15) is 0 Å². The molecular formula is C4H10N2O. The van der Waals surface area contributed by atoms with E-state index in [0.29, 0.717) is 6.54 Å². The lowest BCUT2D eigenvalue weighted by molar-refractivity contribution is 0.148. The molecule has 0 aromatic heterocycles. The first-order valence-electron chi connectivity index (χ1n) is 2.43. The quantitative estimate of drug-likeness (QED) is 0.309. The van der Waals surface area contributed by atoms with Crippen LogP contribution in [0, 0.1) is 0 Å². The Morgan fingerprint density at radius 1 is 1.71 bits per heavy atom. The van der Waals surface area contributed by atoms with Gasteiger partial charge in [-0.15, -0.1) is 0 Å². The van der Waals surface area contributed by atoms with Gasteiger partial charge in [-0.1, -0.05) is 0 Å². The molecule has 0 spiro atoms. The van der Waals surface area contributed by atoms with Crippen LogP contribution in [0.4, 0.5) is 0 Å².